The predicted octanol–water partition coefficient (Wildman–Crippen LogP) is 8.98. The minimum absolute atomic E-state index is 0.0957. The Bertz CT molecular complexity index is 1720. The lowest BCUT2D eigenvalue weighted by molar-refractivity contribution is 0.632. The Morgan fingerprint density at radius 3 is 1.60 bits per heavy atom. The molecule has 3 aromatic heterocycles. The molecule has 0 saturated carbocycles. The normalized spacial score (nSPS) is 13.4. The third-order valence-corrected chi connectivity index (χ3v) is 7.75. The van der Waals surface area contributed by atoms with Crippen LogP contribution in [0.3, 0.4) is 0 Å². The molecular formula is C36H28N4. The van der Waals surface area contributed by atoms with E-state index < -0.39 is 0 Å². The summed E-state index contributed by atoms with van der Waals surface area (Å²) < 4.78 is 0. The van der Waals surface area contributed by atoms with Gasteiger partial charge in [-0.1, -0.05) is 74.5 Å². The first-order chi connectivity index (χ1) is 19.6. The average Bonchev–Trinajstić information content (AvgIpc) is 3.02. The van der Waals surface area contributed by atoms with Gasteiger partial charge in [0.05, 0.1) is 34.2 Å². The van der Waals surface area contributed by atoms with Crippen LogP contribution in [0.15, 0.2) is 134 Å². The van der Waals surface area contributed by atoms with Crippen molar-refractivity contribution in [3.05, 3.63) is 145 Å². The van der Waals surface area contributed by atoms with Gasteiger partial charge >= 0.3 is 0 Å². The molecule has 0 saturated heterocycles. The lowest BCUT2D eigenvalue weighted by atomic mass is 9.73. The summed E-state index contributed by atoms with van der Waals surface area (Å²) >= 11 is 0. The van der Waals surface area contributed by atoms with Gasteiger partial charge in [0.25, 0.3) is 0 Å². The number of para-hydroxylation sites is 2. The van der Waals surface area contributed by atoms with E-state index in [4.69, 9.17) is 4.98 Å². The lowest BCUT2D eigenvalue weighted by Crippen LogP contribution is -2.30. The van der Waals surface area contributed by atoms with Gasteiger partial charge < -0.3 is 4.90 Å². The van der Waals surface area contributed by atoms with Crippen LogP contribution in [-0.2, 0) is 5.41 Å². The molecule has 192 valence electrons. The van der Waals surface area contributed by atoms with E-state index in [1.165, 1.54) is 22.5 Å². The molecule has 0 atom stereocenters. The van der Waals surface area contributed by atoms with Gasteiger partial charge in [-0.15, -0.1) is 0 Å². The second-order valence-corrected chi connectivity index (χ2v) is 10.6. The SMILES string of the molecule is CC1(C)c2ccccc2N(c2cccc(-c3cc(-c4ccccn4)nc(-c4ccccn4)c3)c2)c2ccccc21. The average molecular weight is 517 g/mol. The molecule has 4 nitrogen and oxygen atoms in total. The molecule has 0 spiro atoms. The number of hydrogen-bond acceptors (Lipinski definition) is 4. The molecule has 0 aliphatic carbocycles. The number of anilines is 3. The van der Waals surface area contributed by atoms with E-state index in [9.17, 15) is 0 Å². The minimum Gasteiger partial charge on any atom is -0.310 e. The Kier molecular flexibility index (Phi) is 5.75. The molecule has 0 radical (unpaired) electrons. The monoisotopic (exact) mass is 516 g/mol. The van der Waals surface area contributed by atoms with Crippen LogP contribution >= 0.6 is 0 Å². The van der Waals surface area contributed by atoms with Crippen molar-refractivity contribution in [2.24, 2.45) is 0 Å². The Morgan fingerprint density at radius 1 is 0.500 bits per heavy atom. The fraction of sp³-hybridized carbons (Fsp3) is 0.0833. The van der Waals surface area contributed by atoms with E-state index in [0.29, 0.717) is 0 Å². The molecule has 40 heavy (non-hydrogen) atoms. The summed E-state index contributed by atoms with van der Waals surface area (Å²) in [6.07, 6.45) is 3.61. The summed E-state index contributed by atoms with van der Waals surface area (Å²) in [4.78, 5) is 16.5. The van der Waals surface area contributed by atoms with E-state index in [1.807, 2.05) is 36.4 Å². The summed E-state index contributed by atoms with van der Waals surface area (Å²) in [5.74, 6) is 0. The van der Waals surface area contributed by atoms with Crippen LogP contribution < -0.4 is 4.90 Å². The molecule has 4 heterocycles. The van der Waals surface area contributed by atoms with Gasteiger partial charge in [0.1, 0.15) is 0 Å². The Balaban J connectivity index is 1.40. The number of rotatable bonds is 4. The Morgan fingerprint density at radius 2 is 1.05 bits per heavy atom. The summed E-state index contributed by atoms with van der Waals surface area (Å²) in [5, 5.41) is 0. The van der Waals surface area contributed by atoms with Crippen LogP contribution in [0, 0.1) is 0 Å². The number of hydrogen-bond donors (Lipinski definition) is 0. The zero-order valence-corrected chi connectivity index (χ0v) is 22.5. The van der Waals surface area contributed by atoms with Crippen molar-refractivity contribution >= 4 is 17.1 Å². The van der Waals surface area contributed by atoms with Crippen LogP contribution in [0.5, 0.6) is 0 Å². The maximum absolute atomic E-state index is 4.95. The third kappa shape index (κ3) is 4.05. The number of pyridine rings is 3. The van der Waals surface area contributed by atoms with Crippen LogP contribution in [0.2, 0.25) is 0 Å². The van der Waals surface area contributed by atoms with Crippen molar-refractivity contribution in [1.82, 2.24) is 15.0 Å². The topological polar surface area (TPSA) is 41.9 Å². The van der Waals surface area contributed by atoms with Gasteiger partial charge in [0.15, 0.2) is 0 Å². The maximum atomic E-state index is 4.95. The van der Waals surface area contributed by atoms with E-state index in [-0.39, 0.29) is 5.41 Å². The standard InChI is InChI=1S/C36H28N4/c1-36(2)28-14-3-5-18-34(28)40(35-19-6-4-15-29(35)36)27-13-11-12-25(22-27)26-23-32(30-16-7-9-20-37-30)39-33(24-26)31-17-8-10-21-38-31/h3-24H,1-2H3. The van der Waals surface area contributed by atoms with Gasteiger partial charge in [0.2, 0.25) is 0 Å². The van der Waals surface area contributed by atoms with E-state index in [2.05, 4.69) is 114 Å². The van der Waals surface area contributed by atoms with Crippen molar-refractivity contribution in [1.29, 1.82) is 0 Å². The van der Waals surface area contributed by atoms with E-state index >= 15 is 0 Å². The molecule has 4 heteroatoms. The predicted molar refractivity (Wildman–Crippen MR) is 163 cm³/mol. The second kappa shape index (κ2) is 9.58. The highest BCUT2D eigenvalue weighted by molar-refractivity contribution is 5.87. The zero-order valence-electron chi connectivity index (χ0n) is 22.5. The fourth-order valence-electron chi connectivity index (χ4n) is 5.76. The van der Waals surface area contributed by atoms with Crippen LogP contribution in [0.1, 0.15) is 25.0 Å². The molecular weight excluding hydrogens is 488 g/mol. The number of aromatic nitrogens is 3. The quantitative estimate of drug-likeness (QED) is 0.234. The highest BCUT2D eigenvalue weighted by Gasteiger charge is 2.36. The molecule has 0 amide bonds. The van der Waals surface area contributed by atoms with Crippen molar-refractivity contribution in [3.63, 3.8) is 0 Å². The molecule has 6 aromatic rings. The number of fused-ring (bicyclic) bond motifs is 2. The number of benzene rings is 3. The highest BCUT2D eigenvalue weighted by Crippen LogP contribution is 2.51. The summed E-state index contributed by atoms with van der Waals surface area (Å²) in [6.45, 7) is 4.63. The minimum atomic E-state index is -0.0957. The van der Waals surface area contributed by atoms with Crippen molar-refractivity contribution in [2.75, 3.05) is 4.90 Å². The first kappa shape index (κ1) is 24.0. The summed E-state index contributed by atoms with van der Waals surface area (Å²) in [7, 11) is 0. The first-order valence-corrected chi connectivity index (χ1v) is 13.5. The van der Waals surface area contributed by atoms with Gasteiger partial charge in [-0.3, -0.25) is 9.97 Å². The van der Waals surface area contributed by atoms with Gasteiger partial charge in [-0.2, -0.15) is 0 Å². The molecule has 0 N–H and O–H groups in total. The lowest BCUT2D eigenvalue weighted by Gasteiger charge is -2.42. The molecule has 1 aliphatic heterocycles. The zero-order chi connectivity index (χ0) is 27.1. The maximum Gasteiger partial charge on any atom is 0.0900 e. The van der Waals surface area contributed by atoms with Crippen molar-refractivity contribution in [2.45, 2.75) is 19.3 Å². The van der Waals surface area contributed by atoms with Gasteiger partial charge in [-0.05, 0) is 82.9 Å². The van der Waals surface area contributed by atoms with E-state index in [1.54, 1.807) is 12.4 Å². The van der Waals surface area contributed by atoms with Gasteiger partial charge in [0, 0.05) is 23.5 Å². The third-order valence-electron chi connectivity index (χ3n) is 7.75. The fourth-order valence-corrected chi connectivity index (χ4v) is 5.76. The van der Waals surface area contributed by atoms with Crippen molar-refractivity contribution in [3.8, 4) is 33.9 Å². The molecule has 0 unspecified atom stereocenters. The number of nitrogens with zero attached hydrogens (tertiary/aromatic N) is 4. The van der Waals surface area contributed by atoms with Crippen LogP contribution in [0.25, 0.3) is 33.9 Å². The molecule has 3 aromatic carbocycles. The molecule has 7 rings (SSSR count). The summed E-state index contributed by atoms with van der Waals surface area (Å²) in [5.41, 5.74) is 11.5. The van der Waals surface area contributed by atoms with Crippen LogP contribution in [0.4, 0.5) is 17.1 Å². The summed E-state index contributed by atoms with van der Waals surface area (Å²) in [6, 6.07) is 42.3. The largest absolute Gasteiger partial charge is 0.310 e. The van der Waals surface area contributed by atoms with Gasteiger partial charge in [-0.25, -0.2) is 4.98 Å². The Hall–Kier alpha value is -5.09. The van der Waals surface area contributed by atoms with Crippen molar-refractivity contribution < 1.29 is 0 Å². The second-order valence-electron chi connectivity index (χ2n) is 10.6. The van der Waals surface area contributed by atoms with E-state index in [0.717, 1.165) is 39.6 Å². The Labute approximate surface area is 234 Å². The van der Waals surface area contributed by atoms with Crippen LogP contribution in [-0.4, -0.2) is 15.0 Å². The first-order valence-electron chi connectivity index (χ1n) is 13.5. The molecule has 1 aliphatic rings. The smallest absolute Gasteiger partial charge is 0.0900 e. The molecule has 0 fully saturated rings. The molecule has 0 bridgehead atoms. The highest BCUT2D eigenvalue weighted by atomic mass is 15.2.